The number of likely N-dealkylation sites (N-methyl/N-ethyl adjacent to an activating group) is 1. The Kier molecular flexibility index (Phi) is 6.31. The van der Waals surface area contributed by atoms with Crippen molar-refractivity contribution < 1.29 is 19.4 Å². The maximum absolute atomic E-state index is 13.0. The topological polar surface area (TPSA) is 92.1 Å². The van der Waals surface area contributed by atoms with E-state index in [1.165, 1.54) is 12.7 Å². The predicted octanol–water partition coefficient (Wildman–Crippen LogP) is 5.10. The van der Waals surface area contributed by atoms with Crippen LogP contribution in [0.4, 0.5) is 16.2 Å². The average Bonchev–Trinajstić information content (AvgIpc) is 3.15. The molecule has 4 rings (SSSR count). The highest BCUT2D eigenvalue weighted by atomic mass is 16.5. The van der Waals surface area contributed by atoms with Gasteiger partial charge >= 0.3 is 12.1 Å². The summed E-state index contributed by atoms with van der Waals surface area (Å²) in [5, 5.41) is 10.7. The highest BCUT2D eigenvalue weighted by Gasteiger charge is 2.59. The van der Waals surface area contributed by atoms with Crippen LogP contribution in [0.15, 0.2) is 41.5 Å². The molecule has 0 radical (unpaired) electrons. The van der Waals surface area contributed by atoms with Crippen molar-refractivity contribution >= 4 is 29.3 Å². The van der Waals surface area contributed by atoms with Gasteiger partial charge in [-0.15, -0.1) is 4.48 Å². The summed E-state index contributed by atoms with van der Waals surface area (Å²) in [6.07, 6.45) is 3.88. The first-order chi connectivity index (χ1) is 16.1. The van der Waals surface area contributed by atoms with E-state index in [1.807, 2.05) is 33.0 Å². The van der Waals surface area contributed by atoms with Crippen LogP contribution >= 0.6 is 0 Å². The molecule has 1 aliphatic heterocycles. The minimum absolute atomic E-state index is 0.0997. The number of quaternary nitrogens is 1. The van der Waals surface area contributed by atoms with Crippen LogP contribution in [-0.2, 0) is 11.2 Å². The van der Waals surface area contributed by atoms with E-state index in [0.29, 0.717) is 29.3 Å². The summed E-state index contributed by atoms with van der Waals surface area (Å²) in [5.74, 6) is 0.0534. The zero-order valence-electron chi connectivity index (χ0n) is 20.5. The molecule has 8 nitrogen and oxygen atoms in total. The van der Waals surface area contributed by atoms with Gasteiger partial charge in [0.2, 0.25) is 5.84 Å². The number of methoxy groups -OCH3 is 1. The van der Waals surface area contributed by atoms with Crippen LogP contribution in [0, 0.1) is 0 Å². The lowest BCUT2D eigenvalue weighted by Crippen LogP contribution is -2.68. The molecule has 1 aromatic heterocycles. The molecule has 8 heteroatoms. The summed E-state index contributed by atoms with van der Waals surface area (Å²) in [5.41, 5.74) is 3.01. The largest absolute Gasteiger partial charge is 0.525 e. The first kappa shape index (κ1) is 24.0. The zero-order valence-corrected chi connectivity index (χ0v) is 20.5. The molecule has 1 aromatic carbocycles. The second-order valence-corrected chi connectivity index (χ2v) is 9.87. The Balaban J connectivity index is 1.81. The minimum Gasteiger partial charge on any atom is -0.465 e. The Labute approximate surface area is 200 Å². The number of hydrogen-bond acceptors (Lipinski definition) is 6. The van der Waals surface area contributed by atoms with Crippen LogP contribution in [0.5, 0.6) is 0 Å². The van der Waals surface area contributed by atoms with E-state index >= 15 is 0 Å². The van der Waals surface area contributed by atoms with Crippen LogP contribution in [0.2, 0.25) is 0 Å². The molecule has 0 bridgehead atoms. The Hall–Kier alpha value is -3.10. The Bertz CT molecular complexity index is 1150. The summed E-state index contributed by atoms with van der Waals surface area (Å²) in [4.78, 5) is 37.0. The van der Waals surface area contributed by atoms with Gasteiger partial charge in [0.25, 0.3) is 0 Å². The van der Waals surface area contributed by atoms with Crippen molar-refractivity contribution in [3.05, 3.63) is 53.3 Å². The van der Waals surface area contributed by atoms with Gasteiger partial charge < -0.3 is 9.84 Å². The maximum Gasteiger partial charge on any atom is 0.525 e. The molecule has 2 aromatic rings. The third-order valence-electron chi connectivity index (χ3n) is 7.04. The fraction of sp³-hybridized carbons (Fsp3) is 0.462. The third kappa shape index (κ3) is 3.71. The molecule has 1 amide bonds. The summed E-state index contributed by atoms with van der Waals surface area (Å²) in [6, 6.07) is 9.15. The number of nitrogens with zero attached hydrogens (tertiary/aromatic N) is 4. The number of benzene rings is 1. The summed E-state index contributed by atoms with van der Waals surface area (Å²) in [7, 11) is 1.33. The van der Waals surface area contributed by atoms with Crippen molar-refractivity contribution in [1.82, 2.24) is 14.4 Å². The highest BCUT2D eigenvalue weighted by Crippen LogP contribution is 2.47. The molecule has 2 heterocycles. The molecule has 2 atom stereocenters. The van der Waals surface area contributed by atoms with Gasteiger partial charge in [-0.1, -0.05) is 13.0 Å². The molecule has 1 N–H and O–H groups in total. The number of esters is 1. The number of carbonyl (C=O) groups is 2. The minimum atomic E-state index is -0.992. The lowest BCUT2D eigenvalue weighted by Gasteiger charge is -2.42. The smallest absolute Gasteiger partial charge is 0.465 e. The number of pyridine rings is 1. The molecule has 0 saturated heterocycles. The number of carboxylic acid groups (broad SMARTS) is 1. The first-order valence-corrected chi connectivity index (χ1v) is 11.8. The van der Waals surface area contributed by atoms with Gasteiger partial charge in [-0.05, 0) is 70.3 Å². The standard InChI is InChI=1S/C26H32N4O4/c1-6-29(20-11-7-9-17-10-8-14-27-23(17)20)16-22-28-19-15-18(24(31)34-5)12-13-21(19)30(22,25(32)33)26(2,3)4/h8,10,12-15,20H,6-7,9,11,16H2,1-5H3/p+1. The summed E-state index contributed by atoms with van der Waals surface area (Å²) in [6.45, 7) is 8.92. The van der Waals surface area contributed by atoms with Crippen molar-refractivity contribution in [3.63, 3.8) is 0 Å². The third-order valence-corrected chi connectivity index (χ3v) is 7.04. The van der Waals surface area contributed by atoms with Crippen LogP contribution in [0.3, 0.4) is 0 Å². The summed E-state index contributed by atoms with van der Waals surface area (Å²) < 4.78 is 4.45. The van der Waals surface area contributed by atoms with Gasteiger partial charge in [-0.3, -0.25) is 9.88 Å². The Morgan fingerprint density at radius 3 is 2.68 bits per heavy atom. The number of aliphatic imine (C=N–C) groups is 1. The van der Waals surface area contributed by atoms with Gasteiger partial charge in [0.1, 0.15) is 11.2 Å². The van der Waals surface area contributed by atoms with E-state index in [2.05, 4.69) is 22.9 Å². The SMILES string of the molecule is CCN(CC1=Nc2cc(C(=O)OC)ccc2[N+]1(C(=O)O)C(C)(C)C)C1CCCc2cccnc21. The van der Waals surface area contributed by atoms with Crippen LogP contribution < -0.4 is 4.48 Å². The molecule has 0 spiro atoms. The monoisotopic (exact) mass is 465 g/mol. The van der Waals surface area contributed by atoms with Crippen molar-refractivity contribution in [3.8, 4) is 0 Å². The number of rotatable bonds is 5. The predicted molar refractivity (Wildman–Crippen MR) is 132 cm³/mol. The average molecular weight is 466 g/mol. The fourth-order valence-corrected chi connectivity index (χ4v) is 5.45. The molecule has 180 valence electrons. The van der Waals surface area contributed by atoms with Gasteiger partial charge in [0, 0.05) is 12.3 Å². The lowest BCUT2D eigenvalue weighted by atomic mass is 9.90. The second-order valence-electron chi connectivity index (χ2n) is 9.87. The Morgan fingerprint density at radius 1 is 1.26 bits per heavy atom. The van der Waals surface area contributed by atoms with Crippen LogP contribution in [-0.4, -0.2) is 58.6 Å². The molecule has 0 saturated carbocycles. The number of fused-ring (bicyclic) bond motifs is 2. The number of amides is 1. The maximum atomic E-state index is 13.0. The molecule has 34 heavy (non-hydrogen) atoms. The number of hydrogen-bond donors (Lipinski definition) is 1. The van der Waals surface area contributed by atoms with Crippen molar-refractivity contribution in [2.75, 3.05) is 20.2 Å². The van der Waals surface area contributed by atoms with Crippen molar-refractivity contribution in [2.45, 2.75) is 58.5 Å². The van der Waals surface area contributed by atoms with Gasteiger partial charge in [0.05, 0.1) is 31.0 Å². The summed E-state index contributed by atoms with van der Waals surface area (Å²) >= 11 is 0. The molecule has 2 aliphatic rings. The van der Waals surface area contributed by atoms with E-state index in [1.54, 1.807) is 18.2 Å². The number of aromatic nitrogens is 1. The van der Waals surface area contributed by atoms with Crippen LogP contribution in [0.25, 0.3) is 0 Å². The van der Waals surface area contributed by atoms with E-state index in [9.17, 15) is 14.7 Å². The number of aryl methyl sites for hydroxylation is 1. The Morgan fingerprint density at radius 2 is 2.03 bits per heavy atom. The van der Waals surface area contributed by atoms with Gasteiger partial charge in [-0.2, -0.15) is 9.79 Å². The molecular formula is C26H33N4O4+. The number of amidine groups is 1. The van der Waals surface area contributed by atoms with Crippen molar-refractivity contribution in [1.29, 1.82) is 0 Å². The zero-order chi connectivity index (χ0) is 24.7. The van der Waals surface area contributed by atoms with E-state index in [4.69, 9.17) is 9.73 Å². The lowest BCUT2D eigenvalue weighted by molar-refractivity contribution is 0.0600. The fourth-order valence-electron chi connectivity index (χ4n) is 5.45. The first-order valence-electron chi connectivity index (χ1n) is 11.8. The van der Waals surface area contributed by atoms with Gasteiger partial charge in [0.15, 0.2) is 5.69 Å². The van der Waals surface area contributed by atoms with E-state index in [-0.39, 0.29) is 6.04 Å². The highest BCUT2D eigenvalue weighted by molar-refractivity contribution is 6.16. The molecule has 0 fully saturated rings. The number of carbonyl (C=O) groups excluding carboxylic acids is 1. The second kappa shape index (κ2) is 8.92. The molecular weight excluding hydrogens is 432 g/mol. The quantitative estimate of drug-likeness (QED) is 0.488. The van der Waals surface area contributed by atoms with Crippen molar-refractivity contribution in [2.24, 2.45) is 4.99 Å². The van der Waals surface area contributed by atoms with Crippen LogP contribution in [0.1, 0.15) is 68.2 Å². The van der Waals surface area contributed by atoms with E-state index in [0.717, 1.165) is 31.5 Å². The number of ether oxygens (including phenoxy) is 1. The normalized spacial score (nSPS) is 21.6. The molecule has 2 unspecified atom stereocenters. The molecule has 1 aliphatic carbocycles. The van der Waals surface area contributed by atoms with E-state index < -0.39 is 22.1 Å². The van der Waals surface area contributed by atoms with Gasteiger partial charge in [-0.25, -0.2) is 4.79 Å².